The number of hydrogen-bond donors (Lipinski definition) is 1. The molecule has 0 aliphatic carbocycles. The molecule has 3 nitrogen and oxygen atoms in total. The van der Waals surface area contributed by atoms with Gasteiger partial charge in [0.05, 0.1) is 9.75 Å². The first-order valence-corrected chi connectivity index (χ1v) is 8.03. The number of carbonyl (C=O) groups is 1. The zero-order valence-corrected chi connectivity index (χ0v) is 12.8. The van der Waals surface area contributed by atoms with Crippen molar-refractivity contribution in [2.75, 3.05) is 19.7 Å². The standard InChI is InChI=1S/C16H21NO2S/c1-13-12-15(20-14(13)8-7-11-18)16(19)17-9-5-3-2-4-6-10-17/h12,18H,2-6,9-11H2,1H3. The molecule has 0 unspecified atom stereocenters. The molecule has 0 aromatic carbocycles. The molecule has 2 rings (SSSR count). The summed E-state index contributed by atoms with van der Waals surface area (Å²) in [5, 5.41) is 8.75. The molecular formula is C16H21NO2S. The third-order valence-electron chi connectivity index (χ3n) is 3.55. The average molecular weight is 291 g/mol. The van der Waals surface area contributed by atoms with Crippen molar-refractivity contribution >= 4 is 17.2 Å². The second-order valence-electron chi connectivity index (χ2n) is 5.14. The van der Waals surface area contributed by atoms with E-state index in [0.29, 0.717) is 0 Å². The van der Waals surface area contributed by atoms with Crippen LogP contribution in [0, 0.1) is 18.8 Å². The van der Waals surface area contributed by atoms with E-state index in [1.807, 2.05) is 17.9 Å². The van der Waals surface area contributed by atoms with Crippen molar-refractivity contribution < 1.29 is 9.90 Å². The summed E-state index contributed by atoms with van der Waals surface area (Å²) in [5.74, 6) is 5.69. The van der Waals surface area contributed by atoms with Crippen LogP contribution in [0.15, 0.2) is 6.07 Å². The number of thiophene rings is 1. The van der Waals surface area contributed by atoms with E-state index in [4.69, 9.17) is 5.11 Å². The van der Waals surface area contributed by atoms with E-state index < -0.39 is 0 Å². The first-order valence-electron chi connectivity index (χ1n) is 7.22. The highest BCUT2D eigenvalue weighted by Gasteiger charge is 2.19. The van der Waals surface area contributed by atoms with Crippen molar-refractivity contribution in [1.29, 1.82) is 0 Å². The minimum Gasteiger partial charge on any atom is -0.384 e. The smallest absolute Gasteiger partial charge is 0.263 e. The quantitative estimate of drug-likeness (QED) is 0.808. The summed E-state index contributed by atoms with van der Waals surface area (Å²) < 4.78 is 0. The lowest BCUT2D eigenvalue weighted by molar-refractivity contribution is 0.0747. The largest absolute Gasteiger partial charge is 0.384 e. The van der Waals surface area contributed by atoms with E-state index >= 15 is 0 Å². The number of aliphatic hydroxyl groups is 1. The van der Waals surface area contributed by atoms with Gasteiger partial charge in [0.25, 0.3) is 5.91 Å². The second-order valence-corrected chi connectivity index (χ2v) is 6.19. The predicted octanol–water partition coefficient (Wildman–Crippen LogP) is 2.81. The Morgan fingerprint density at radius 1 is 1.30 bits per heavy atom. The second kappa shape index (κ2) is 7.47. The fourth-order valence-electron chi connectivity index (χ4n) is 2.44. The molecule has 1 aromatic rings. The van der Waals surface area contributed by atoms with Gasteiger partial charge in [-0.15, -0.1) is 11.3 Å². The van der Waals surface area contributed by atoms with E-state index in [1.54, 1.807) is 0 Å². The molecule has 0 saturated carbocycles. The van der Waals surface area contributed by atoms with Gasteiger partial charge in [-0.1, -0.05) is 31.1 Å². The zero-order valence-electron chi connectivity index (χ0n) is 11.9. The minimum atomic E-state index is -0.146. The molecule has 0 atom stereocenters. The molecule has 1 aliphatic rings. The third kappa shape index (κ3) is 3.84. The third-order valence-corrected chi connectivity index (χ3v) is 4.69. The highest BCUT2D eigenvalue weighted by Crippen LogP contribution is 2.23. The molecule has 20 heavy (non-hydrogen) atoms. The molecule has 1 saturated heterocycles. The molecule has 2 heterocycles. The molecular weight excluding hydrogens is 270 g/mol. The first kappa shape index (κ1) is 15.1. The van der Waals surface area contributed by atoms with Gasteiger partial charge in [-0.05, 0) is 31.4 Å². The molecule has 1 N–H and O–H groups in total. The normalized spacial score (nSPS) is 16.0. The van der Waals surface area contributed by atoms with Crippen LogP contribution in [0.1, 0.15) is 52.2 Å². The van der Waals surface area contributed by atoms with Crippen LogP contribution in [-0.2, 0) is 0 Å². The van der Waals surface area contributed by atoms with Crippen LogP contribution in [0.3, 0.4) is 0 Å². The number of likely N-dealkylation sites (tertiary alicyclic amines) is 1. The summed E-state index contributed by atoms with van der Waals surface area (Å²) in [6, 6.07) is 1.92. The van der Waals surface area contributed by atoms with Crippen LogP contribution in [0.2, 0.25) is 0 Å². The van der Waals surface area contributed by atoms with Crippen molar-refractivity contribution in [2.24, 2.45) is 0 Å². The van der Waals surface area contributed by atoms with Crippen LogP contribution in [0.4, 0.5) is 0 Å². The molecule has 4 heteroatoms. The minimum absolute atomic E-state index is 0.136. The molecule has 0 radical (unpaired) electrons. The number of aliphatic hydroxyl groups excluding tert-OH is 1. The van der Waals surface area contributed by atoms with Gasteiger partial charge in [0.1, 0.15) is 6.61 Å². The van der Waals surface area contributed by atoms with Gasteiger partial charge < -0.3 is 10.0 Å². The Morgan fingerprint density at radius 3 is 2.60 bits per heavy atom. The number of rotatable bonds is 1. The number of carbonyl (C=O) groups excluding carboxylic acids is 1. The van der Waals surface area contributed by atoms with E-state index in [-0.39, 0.29) is 12.5 Å². The molecule has 108 valence electrons. The molecule has 1 fully saturated rings. The monoisotopic (exact) mass is 291 g/mol. The first-order chi connectivity index (χ1) is 9.72. The number of aryl methyl sites for hydroxylation is 1. The van der Waals surface area contributed by atoms with Gasteiger partial charge in [0.15, 0.2) is 0 Å². The molecule has 0 bridgehead atoms. The van der Waals surface area contributed by atoms with Crippen molar-refractivity contribution in [3.05, 3.63) is 21.4 Å². The molecule has 1 aliphatic heterocycles. The lowest BCUT2D eigenvalue weighted by Gasteiger charge is -2.24. The fraction of sp³-hybridized carbons (Fsp3) is 0.562. The lowest BCUT2D eigenvalue weighted by Crippen LogP contribution is -2.33. The van der Waals surface area contributed by atoms with E-state index in [0.717, 1.165) is 41.2 Å². The summed E-state index contributed by atoms with van der Waals surface area (Å²) in [7, 11) is 0. The SMILES string of the molecule is Cc1cc(C(=O)N2CCCCCCC2)sc1C#CCO. The van der Waals surface area contributed by atoms with Gasteiger partial charge in [0.2, 0.25) is 0 Å². The van der Waals surface area contributed by atoms with Crippen LogP contribution >= 0.6 is 11.3 Å². The van der Waals surface area contributed by atoms with Gasteiger partial charge in [-0.3, -0.25) is 4.79 Å². The number of hydrogen-bond acceptors (Lipinski definition) is 3. The Hall–Kier alpha value is -1.31. The van der Waals surface area contributed by atoms with Crippen LogP contribution in [0.5, 0.6) is 0 Å². The Bertz CT molecular complexity index is 516. The fourth-order valence-corrected chi connectivity index (χ4v) is 3.45. The summed E-state index contributed by atoms with van der Waals surface area (Å²) in [4.78, 5) is 16.2. The average Bonchev–Trinajstić information content (AvgIpc) is 2.77. The summed E-state index contributed by atoms with van der Waals surface area (Å²) >= 11 is 1.44. The van der Waals surface area contributed by atoms with Crippen LogP contribution < -0.4 is 0 Å². The van der Waals surface area contributed by atoms with Crippen LogP contribution in [-0.4, -0.2) is 35.6 Å². The summed E-state index contributed by atoms with van der Waals surface area (Å²) in [6.45, 7) is 3.55. The summed E-state index contributed by atoms with van der Waals surface area (Å²) in [6.07, 6.45) is 5.95. The van der Waals surface area contributed by atoms with Gasteiger partial charge in [0, 0.05) is 13.1 Å². The van der Waals surface area contributed by atoms with Crippen molar-refractivity contribution in [1.82, 2.24) is 4.90 Å². The van der Waals surface area contributed by atoms with Crippen molar-refractivity contribution in [3.8, 4) is 11.8 Å². The van der Waals surface area contributed by atoms with Crippen molar-refractivity contribution in [2.45, 2.75) is 39.0 Å². The lowest BCUT2D eigenvalue weighted by atomic mass is 10.1. The predicted molar refractivity (Wildman–Crippen MR) is 82.0 cm³/mol. The summed E-state index contributed by atoms with van der Waals surface area (Å²) in [5.41, 5.74) is 1.02. The molecule has 1 amide bonds. The molecule has 1 aromatic heterocycles. The highest BCUT2D eigenvalue weighted by atomic mass is 32.1. The molecule has 0 spiro atoms. The maximum Gasteiger partial charge on any atom is 0.263 e. The van der Waals surface area contributed by atoms with E-state index in [2.05, 4.69) is 11.8 Å². The van der Waals surface area contributed by atoms with Gasteiger partial charge in [-0.2, -0.15) is 0 Å². The Balaban J connectivity index is 2.11. The zero-order chi connectivity index (χ0) is 14.4. The number of amides is 1. The topological polar surface area (TPSA) is 40.5 Å². The van der Waals surface area contributed by atoms with Gasteiger partial charge in [-0.25, -0.2) is 0 Å². The maximum atomic E-state index is 12.5. The van der Waals surface area contributed by atoms with Crippen molar-refractivity contribution in [3.63, 3.8) is 0 Å². The van der Waals surface area contributed by atoms with E-state index in [9.17, 15) is 4.79 Å². The Morgan fingerprint density at radius 2 is 1.95 bits per heavy atom. The Labute approximate surface area is 124 Å². The van der Waals surface area contributed by atoms with Crippen LogP contribution in [0.25, 0.3) is 0 Å². The Kier molecular flexibility index (Phi) is 5.63. The highest BCUT2D eigenvalue weighted by molar-refractivity contribution is 7.14. The van der Waals surface area contributed by atoms with Gasteiger partial charge >= 0.3 is 0 Å². The maximum absolute atomic E-state index is 12.5. The number of nitrogens with zero attached hydrogens (tertiary/aromatic N) is 1. The van der Waals surface area contributed by atoms with E-state index in [1.165, 1.54) is 30.6 Å².